The van der Waals surface area contributed by atoms with Crippen LogP contribution in [0.3, 0.4) is 0 Å². The Kier molecular flexibility index (Phi) is 7.64. The summed E-state index contributed by atoms with van der Waals surface area (Å²) in [5.41, 5.74) is 15.7. The van der Waals surface area contributed by atoms with Crippen LogP contribution in [0.4, 0.5) is 0 Å². The number of rotatable bonds is 7. The normalized spacial score (nSPS) is 13.1. The first-order valence-corrected chi connectivity index (χ1v) is 19.1. The van der Waals surface area contributed by atoms with Crippen molar-refractivity contribution < 1.29 is 4.74 Å². The molecule has 0 bridgehead atoms. The highest BCUT2D eigenvalue weighted by atomic mass is 16.5. The summed E-state index contributed by atoms with van der Waals surface area (Å²) >= 11 is 0. The van der Waals surface area contributed by atoms with E-state index < -0.39 is 5.41 Å². The molecular formula is C53H41NO. The SMILES string of the molecule is COc1ccc(-n2c3ccccc3c3cc(-c4ccc5c(c4)C(C)(C)c4cc(C(c6ccccc6)(c6ccccc6)c6ccccc6)ccc4-5)ccc32)cc1. The van der Waals surface area contributed by atoms with Gasteiger partial charge in [-0.2, -0.15) is 0 Å². The first-order valence-electron chi connectivity index (χ1n) is 19.1. The van der Waals surface area contributed by atoms with E-state index in [1.807, 2.05) is 12.1 Å². The van der Waals surface area contributed by atoms with E-state index in [0.29, 0.717) is 0 Å². The van der Waals surface area contributed by atoms with Crippen LogP contribution in [0.5, 0.6) is 5.75 Å². The number of hydrogen-bond acceptors (Lipinski definition) is 1. The number of ether oxygens (including phenoxy) is 1. The third kappa shape index (κ3) is 5.02. The van der Waals surface area contributed by atoms with Gasteiger partial charge in [0.15, 0.2) is 0 Å². The smallest absolute Gasteiger partial charge is 0.119 e. The van der Waals surface area contributed by atoms with Crippen molar-refractivity contribution in [2.75, 3.05) is 7.11 Å². The fourth-order valence-corrected chi connectivity index (χ4v) is 9.38. The topological polar surface area (TPSA) is 14.2 Å². The highest BCUT2D eigenvalue weighted by Crippen LogP contribution is 2.53. The second-order valence-corrected chi connectivity index (χ2v) is 15.3. The Hall–Kier alpha value is -6.64. The maximum absolute atomic E-state index is 5.46. The van der Waals surface area contributed by atoms with E-state index in [1.165, 1.54) is 77.4 Å². The van der Waals surface area contributed by atoms with Gasteiger partial charge in [-0.3, -0.25) is 0 Å². The van der Waals surface area contributed by atoms with E-state index in [4.69, 9.17) is 4.74 Å². The molecule has 0 fully saturated rings. The first-order chi connectivity index (χ1) is 27.0. The van der Waals surface area contributed by atoms with Crippen molar-refractivity contribution in [2.45, 2.75) is 24.7 Å². The van der Waals surface area contributed by atoms with Crippen LogP contribution in [0.15, 0.2) is 194 Å². The Balaban J connectivity index is 1.11. The molecule has 9 aromatic rings. The average molecular weight is 708 g/mol. The second kappa shape index (κ2) is 12.7. The molecular weight excluding hydrogens is 667 g/mol. The minimum absolute atomic E-state index is 0.207. The van der Waals surface area contributed by atoms with Crippen LogP contribution in [0.2, 0.25) is 0 Å². The summed E-state index contributed by atoms with van der Waals surface area (Å²) < 4.78 is 7.81. The van der Waals surface area contributed by atoms with Gasteiger partial charge in [0.05, 0.1) is 23.6 Å². The van der Waals surface area contributed by atoms with Gasteiger partial charge >= 0.3 is 0 Å². The number of nitrogens with zero attached hydrogens (tertiary/aromatic N) is 1. The Morgan fingerprint density at radius 3 is 1.56 bits per heavy atom. The molecule has 0 atom stereocenters. The summed E-state index contributed by atoms with van der Waals surface area (Å²) in [4.78, 5) is 0. The molecule has 0 radical (unpaired) electrons. The van der Waals surface area contributed by atoms with Crippen molar-refractivity contribution in [3.63, 3.8) is 0 Å². The highest BCUT2D eigenvalue weighted by molar-refractivity contribution is 6.10. The van der Waals surface area contributed by atoms with Crippen LogP contribution < -0.4 is 4.74 Å². The Bertz CT molecular complexity index is 2750. The van der Waals surface area contributed by atoms with E-state index in [1.54, 1.807) is 7.11 Å². The van der Waals surface area contributed by atoms with Gasteiger partial charge in [0.1, 0.15) is 5.75 Å². The zero-order chi connectivity index (χ0) is 37.1. The minimum Gasteiger partial charge on any atom is -0.497 e. The molecule has 0 N–H and O–H groups in total. The zero-order valence-electron chi connectivity index (χ0n) is 31.3. The number of fused-ring (bicyclic) bond motifs is 6. The molecule has 0 saturated heterocycles. The van der Waals surface area contributed by atoms with Gasteiger partial charge in [0.25, 0.3) is 0 Å². The number of hydrogen-bond donors (Lipinski definition) is 0. The molecule has 2 heteroatoms. The fourth-order valence-electron chi connectivity index (χ4n) is 9.38. The lowest BCUT2D eigenvalue weighted by Gasteiger charge is -2.37. The molecule has 1 aliphatic carbocycles. The second-order valence-electron chi connectivity index (χ2n) is 15.3. The van der Waals surface area contributed by atoms with Crippen LogP contribution in [0.1, 0.15) is 47.2 Å². The van der Waals surface area contributed by atoms with Gasteiger partial charge in [-0.25, -0.2) is 0 Å². The molecule has 264 valence electrons. The molecule has 0 unspecified atom stereocenters. The monoisotopic (exact) mass is 707 g/mol. The van der Waals surface area contributed by atoms with Crippen molar-refractivity contribution in [3.8, 4) is 33.7 Å². The van der Waals surface area contributed by atoms with E-state index in [9.17, 15) is 0 Å². The van der Waals surface area contributed by atoms with Gasteiger partial charge in [-0.1, -0.05) is 159 Å². The maximum Gasteiger partial charge on any atom is 0.119 e. The lowest BCUT2D eigenvalue weighted by molar-refractivity contribution is 0.415. The number of para-hydroxylation sites is 1. The third-order valence-electron chi connectivity index (χ3n) is 12.1. The Labute approximate surface area is 322 Å². The van der Waals surface area contributed by atoms with Gasteiger partial charge in [0, 0.05) is 21.9 Å². The molecule has 1 aliphatic rings. The number of benzene rings is 8. The maximum atomic E-state index is 5.46. The zero-order valence-corrected chi connectivity index (χ0v) is 31.3. The molecule has 10 rings (SSSR count). The molecule has 0 saturated carbocycles. The van der Waals surface area contributed by atoms with Crippen molar-refractivity contribution >= 4 is 21.8 Å². The highest BCUT2D eigenvalue weighted by Gasteiger charge is 2.42. The molecule has 8 aromatic carbocycles. The average Bonchev–Trinajstić information content (AvgIpc) is 3.70. The molecule has 2 nitrogen and oxygen atoms in total. The first kappa shape index (κ1) is 33.0. The Morgan fingerprint density at radius 2 is 0.945 bits per heavy atom. The quantitative estimate of drug-likeness (QED) is 0.150. The lowest BCUT2D eigenvalue weighted by Crippen LogP contribution is -2.31. The molecule has 1 heterocycles. The van der Waals surface area contributed by atoms with Crippen molar-refractivity contribution in [2.24, 2.45) is 0 Å². The summed E-state index contributed by atoms with van der Waals surface area (Å²) in [5, 5.41) is 2.49. The third-order valence-corrected chi connectivity index (χ3v) is 12.1. The van der Waals surface area contributed by atoms with Crippen LogP contribution in [-0.2, 0) is 10.8 Å². The van der Waals surface area contributed by atoms with E-state index in [2.05, 4.69) is 200 Å². The number of aromatic nitrogens is 1. The largest absolute Gasteiger partial charge is 0.497 e. The van der Waals surface area contributed by atoms with Crippen LogP contribution >= 0.6 is 0 Å². The summed E-state index contributed by atoms with van der Waals surface area (Å²) in [7, 11) is 1.71. The summed E-state index contributed by atoms with van der Waals surface area (Å²) in [6, 6.07) is 71.4. The molecule has 1 aromatic heterocycles. The van der Waals surface area contributed by atoms with E-state index in [-0.39, 0.29) is 5.41 Å². The van der Waals surface area contributed by atoms with Crippen molar-refractivity contribution in [1.82, 2.24) is 4.57 Å². The summed E-state index contributed by atoms with van der Waals surface area (Å²) in [6.07, 6.45) is 0. The van der Waals surface area contributed by atoms with Crippen molar-refractivity contribution in [1.29, 1.82) is 0 Å². The van der Waals surface area contributed by atoms with Crippen LogP contribution in [-0.4, -0.2) is 11.7 Å². The molecule has 0 spiro atoms. The lowest BCUT2D eigenvalue weighted by atomic mass is 9.64. The standard InChI is InChI=1S/C53H41NO/c1-52(2)48-34-37(36-24-32-51-47(33-36)46-21-13-14-22-50(46)54(51)42-26-28-43(55-3)29-27-42)23-30-44(48)45-31-25-41(35-49(45)52)53(38-15-7-4-8-16-38,39-17-9-5-10-18-39)40-19-11-6-12-20-40/h4-35H,1-3H3. The van der Waals surface area contributed by atoms with Crippen LogP contribution in [0, 0.1) is 0 Å². The van der Waals surface area contributed by atoms with E-state index >= 15 is 0 Å². The van der Waals surface area contributed by atoms with E-state index in [0.717, 1.165) is 11.4 Å². The minimum atomic E-state index is -0.491. The molecule has 0 aliphatic heterocycles. The molecule has 0 amide bonds. The fraction of sp³-hybridized carbons (Fsp3) is 0.0943. The van der Waals surface area contributed by atoms with Gasteiger partial charge < -0.3 is 9.30 Å². The van der Waals surface area contributed by atoms with Gasteiger partial charge in [0.2, 0.25) is 0 Å². The molecule has 55 heavy (non-hydrogen) atoms. The Morgan fingerprint density at radius 1 is 0.436 bits per heavy atom. The summed E-state index contributed by atoms with van der Waals surface area (Å²) in [5.74, 6) is 0.854. The predicted molar refractivity (Wildman–Crippen MR) is 229 cm³/mol. The van der Waals surface area contributed by atoms with Gasteiger partial charge in [-0.05, 0) is 104 Å². The van der Waals surface area contributed by atoms with Crippen molar-refractivity contribution in [3.05, 3.63) is 228 Å². The predicted octanol–water partition coefficient (Wildman–Crippen LogP) is 13.1. The summed E-state index contributed by atoms with van der Waals surface area (Å²) in [6.45, 7) is 4.79. The van der Waals surface area contributed by atoms with Gasteiger partial charge in [-0.15, -0.1) is 0 Å². The number of methoxy groups -OCH3 is 1. The van der Waals surface area contributed by atoms with Crippen LogP contribution in [0.25, 0.3) is 49.7 Å².